The molecule has 1 N–H and O–H groups in total. The predicted molar refractivity (Wildman–Crippen MR) is 133 cm³/mol. The third kappa shape index (κ3) is 5.81. The summed E-state index contributed by atoms with van der Waals surface area (Å²) in [5.74, 6) is 0.294. The molecule has 0 radical (unpaired) electrons. The smallest absolute Gasteiger partial charge is 0.268 e. The molecule has 0 aliphatic heterocycles. The van der Waals surface area contributed by atoms with Gasteiger partial charge in [-0.05, 0) is 73.5 Å². The quantitative estimate of drug-likeness (QED) is 0.457. The second-order valence-electron chi connectivity index (χ2n) is 7.70. The van der Waals surface area contributed by atoms with E-state index in [2.05, 4.69) is 5.32 Å². The summed E-state index contributed by atoms with van der Waals surface area (Å²) in [6, 6.07) is 18.1. The lowest BCUT2D eigenvalue weighted by Gasteiger charge is -2.26. The van der Waals surface area contributed by atoms with E-state index >= 15 is 0 Å². The number of anilines is 1. The normalized spacial score (nSPS) is 12.0. The van der Waals surface area contributed by atoms with Crippen molar-refractivity contribution in [2.75, 3.05) is 25.1 Å². The Bertz CT molecular complexity index is 1250. The zero-order chi connectivity index (χ0) is 24.9. The second-order valence-corrected chi connectivity index (χ2v) is 9.97. The number of rotatable bonds is 9. The van der Waals surface area contributed by atoms with Crippen LogP contribution in [0.1, 0.15) is 24.1 Å². The Hall–Kier alpha value is -3.23. The maximum atomic E-state index is 13.8. The van der Waals surface area contributed by atoms with Gasteiger partial charge >= 0.3 is 0 Å². The number of aryl methyl sites for hydroxylation is 1. The van der Waals surface area contributed by atoms with Crippen LogP contribution in [-0.4, -0.2) is 35.1 Å². The Morgan fingerprint density at radius 1 is 1.00 bits per heavy atom. The van der Waals surface area contributed by atoms with Crippen molar-refractivity contribution in [2.45, 2.75) is 24.8 Å². The third-order valence-electron chi connectivity index (χ3n) is 5.28. The van der Waals surface area contributed by atoms with Gasteiger partial charge in [-0.2, -0.15) is 0 Å². The number of carbonyl (C=O) groups is 1. The lowest BCUT2D eigenvalue weighted by molar-refractivity contribution is -0.120. The van der Waals surface area contributed by atoms with E-state index in [-0.39, 0.29) is 16.7 Å². The van der Waals surface area contributed by atoms with Crippen LogP contribution in [0, 0.1) is 6.92 Å². The zero-order valence-electron chi connectivity index (χ0n) is 19.4. The van der Waals surface area contributed by atoms with Crippen molar-refractivity contribution in [1.82, 2.24) is 5.32 Å². The molecule has 0 saturated heterocycles. The molecule has 3 aromatic carbocycles. The van der Waals surface area contributed by atoms with Crippen LogP contribution in [0.15, 0.2) is 71.6 Å². The molecule has 1 amide bonds. The summed E-state index contributed by atoms with van der Waals surface area (Å²) >= 11 is 5.94. The molecule has 0 saturated carbocycles. The summed E-state index contributed by atoms with van der Waals surface area (Å²) in [5.41, 5.74) is 1.91. The average Bonchev–Trinajstić information content (AvgIpc) is 2.83. The van der Waals surface area contributed by atoms with Gasteiger partial charge in [0.25, 0.3) is 10.0 Å². The highest BCUT2D eigenvalue weighted by atomic mass is 35.5. The van der Waals surface area contributed by atoms with Crippen LogP contribution in [0.3, 0.4) is 0 Å². The lowest BCUT2D eigenvalue weighted by atomic mass is 10.1. The Balaban J connectivity index is 1.96. The number of ether oxygens (including phenoxy) is 2. The van der Waals surface area contributed by atoms with E-state index in [1.807, 2.05) is 19.1 Å². The molecule has 1 atom stereocenters. The van der Waals surface area contributed by atoms with E-state index in [1.165, 1.54) is 20.3 Å². The Morgan fingerprint density at radius 3 is 2.24 bits per heavy atom. The van der Waals surface area contributed by atoms with E-state index in [0.717, 1.165) is 15.4 Å². The summed E-state index contributed by atoms with van der Waals surface area (Å²) in [7, 11) is -1.23. The third-order valence-corrected chi connectivity index (χ3v) is 7.33. The van der Waals surface area contributed by atoms with E-state index in [1.54, 1.807) is 55.5 Å². The van der Waals surface area contributed by atoms with Gasteiger partial charge in [-0.25, -0.2) is 8.42 Å². The van der Waals surface area contributed by atoms with Gasteiger partial charge in [0, 0.05) is 5.02 Å². The topological polar surface area (TPSA) is 84.9 Å². The minimum Gasteiger partial charge on any atom is -0.497 e. The van der Waals surface area contributed by atoms with Gasteiger partial charge in [0.1, 0.15) is 22.9 Å². The second kappa shape index (κ2) is 10.8. The van der Waals surface area contributed by atoms with Gasteiger partial charge in [0.2, 0.25) is 5.91 Å². The summed E-state index contributed by atoms with van der Waals surface area (Å²) in [4.78, 5) is 13.0. The summed E-state index contributed by atoms with van der Waals surface area (Å²) in [6.07, 6.45) is 0. The Labute approximate surface area is 205 Å². The fraction of sp³-hybridized carbons (Fsp3) is 0.240. The predicted octanol–water partition coefficient (Wildman–Crippen LogP) is 4.74. The summed E-state index contributed by atoms with van der Waals surface area (Å²) in [6.45, 7) is 3.18. The zero-order valence-corrected chi connectivity index (χ0v) is 21.0. The maximum Gasteiger partial charge on any atom is 0.268 e. The van der Waals surface area contributed by atoms with Gasteiger partial charge < -0.3 is 14.8 Å². The molecule has 9 heteroatoms. The standard InChI is InChI=1S/C25H27ClN2O5S/c1-17-5-14-23(33-4)24(15-17)34(30,31)28(21-10-12-22(32-3)13-11-21)16-25(29)27-18(2)19-6-8-20(26)9-7-19/h5-15,18H,16H2,1-4H3,(H,27,29). The minimum atomic E-state index is -4.15. The molecule has 0 aliphatic rings. The molecular weight excluding hydrogens is 476 g/mol. The highest BCUT2D eigenvalue weighted by Crippen LogP contribution is 2.31. The van der Waals surface area contributed by atoms with Crippen LogP contribution in [0.25, 0.3) is 0 Å². The largest absolute Gasteiger partial charge is 0.497 e. The molecule has 7 nitrogen and oxygen atoms in total. The van der Waals surface area contributed by atoms with Crippen molar-refractivity contribution >= 4 is 33.2 Å². The number of benzene rings is 3. The molecule has 0 spiro atoms. The van der Waals surface area contributed by atoms with Crippen molar-refractivity contribution in [3.05, 3.63) is 82.9 Å². The van der Waals surface area contributed by atoms with Crippen molar-refractivity contribution in [2.24, 2.45) is 0 Å². The fourth-order valence-corrected chi connectivity index (χ4v) is 5.21. The highest BCUT2D eigenvalue weighted by Gasteiger charge is 2.30. The van der Waals surface area contributed by atoms with E-state index in [0.29, 0.717) is 16.5 Å². The first-order valence-corrected chi connectivity index (χ1v) is 12.3. The van der Waals surface area contributed by atoms with Crippen LogP contribution in [0.5, 0.6) is 11.5 Å². The van der Waals surface area contributed by atoms with E-state index in [4.69, 9.17) is 21.1 Å². The van der Waals surface area contributed by atoms with Crippen LogP contribution in [-0.2, 0) is 14.8 Å². The molecule has 3 aromatic rings. The molecule has 1 unspecified atom stereocenters. The molecule has 34 heavy (non-hydrogen) atoms. The van der Waals surface area contributed by atoms with Gasteiger partial charge in [0.15, 0.2) is 0 Å². The summed E-state index contributed by atoms with van der Waals surface area (Å²) < 4.78 is 39.1. The monoisotopic (exact) mass is 502 g/mol. The van der Waals surface area contributed by atoms with Crippen LogP contribution >= 0.6 is 11.6 Å². The number of nitrogens with one attached hydrogen (secondary N) is 1. The van der Waals surface area contributed by atoms with E-state index < -0.39 is 22.5 Å². The van der Waals surface area contributed by atoms with Crippen LogP contribution in [0.2, 0.25) is 5.02 Å². The van der Waals surface area contributed by atoms with Crippen molar-refractivity contribution in [3.63, 3.8) is 0 Å². The number of methoxy groups -OCH3 is 2. The minimum absolute atomic E-state index is 0.0237. The molecule has 0 bridgehead atoms. The van der Waals surface area contributed by atoms with Gasteiger partial charge in [-0.15, -0.1) is 0 Å². The number of hydrogen-bond acceptors (Lipinski definition) is 5. The van der Waals surface area contributed by atoms with Crippen LogP contribution in [0.4, 0.5) is 5.69 Å². The highest BCUT2D eigenvalue weighted by molar-refractivity contribution is 7.93. The fourth-order valence-electron chi connectivity index (χ4n) is 3.42. The molecular formula is C25H27ClN2O5S. The number of amides is 1. The molecule has 180 valence electrons. The number of sulfonamides is 1. The lowest BCUT2D eigenvalue weighted by Crippen LogP contribution is -2.41. The molecule has 0 heterocycles. The number of nitrogens with zero attached hydrogens (tertiary/aromatic N) is 1. The molecule has 3 rings (SSSR count). The Kier molecular flexibility index (Phi) is 8.06. The first-order valence-electron chi connectivity index (χ1n) is 10.5. The molecule has 0 aromatic heterocycles. The average molecular weight is 503 g/mol. The molecule has 0 fully saturated rings. The van der Waals surface area contributed by atoms with Gasteiger partial charge in [-0.3, -0.25) is 9.10 Å². The number of carbonyl (C=O) groups excluding carboxylic acids is 1. The first kappa shape index (κ1) is 25.4. The SMILES string of the molecule is COc1ccc(N(CC(=O)NC(C)c2ccc(Cl)cc2)S(=O)(=O)c2cc(C)ccc2OC)cc1. The van der Waals surface area contributed by atoms with Gasteiger partial charge in [-0.1, -0.05) is 29.8 Å². The van der Waals surface area contributed by atoms with Gasteiger partial charge in [0.05, 0.1) is 25.9 Å². The maximum absolute atomic E-state index is 13.8. The Morgan fingerprint density at radius 2 is 1.65 bits per heavy atom. The molecule has 0 aliphatic carbocycles. The summed E-state index contributed by atoms with van der Waals surface area (Å²) in [5, 5.41) is 3.45. The van der Waals surface area contributed by atoms with Crippen LogP contribution < -0.4 is 19.1 Å². The number of hydrogen-bond donors (Lipinski definition) is 1. The van der Waals surface area contributed by atoms with Crippen molar-refractivity contribution in [1.29, 1.82) is 0 Å². The van der Waals surface area contributed by atoms with Crippen molar-refractivity contribution < 1.29 is 22.7 Å². The van der Waals surface area contributed by atoms with E-state index in [9.17, 15) is 13.2 Å². The first-order chi connectivity index (χ1) is 16.1. The van der Waals surface area contributed by atoms with Crippen molar-refractivity contribution in [3.8, 4) is 11.5 Å². The number of halogens is 1.